The SMILES string of the molecule is CC1(C)OB(c2ccc3c(c2)oc2c4cc5c6cccc7c8ccccc8n(c5cc4ccc32)c76)OC1(C)C. The molecule has 0 unspecified atom stereocenters. The zero-order valence-corrected chi connectivity index (χ0v) is 22.3. The summed E-state index contributed by atoms with van der Waals surface area (Å²) in [7, 11) is -0.419. The van der Waals surface area contributed by atoms with Crippen molar-refractivity contribution in [1.82, 2.24) is 4.40 Å². The molecule has 1 aliphatic heterocycles. The molecule has 1 aliphatic rings. The van der Waals surface area contributed by atoms with Crippen LogP contribution in [0.4, 0.5) is 0 Å². The van der Waals surface area contributed by atoms with Gasteiger partial charge in [-0.15, -0.1) is 0 Å². The fourth-order valence-corrected chi connectivity index (χ4v) is 6.62. The highest BCUT2D eigenvalue weighted by Gasteiger charge is 2.51. The average Bonchev–Trinajstić information content (AvgIpc) is 3.62. The lowest BCUT2D eigenvalue weighted by molar-refractivity contribution is 0.00578. The molecule has 0 radical (unpaired) electrons. The van der Waals surface area contributed by atoms with Gasteiger partial charge in [-0.1, -0.05) is 54.6 Å². The van der Waals surface area contributed by atoms with E-state index in [0.717, 1.165) is 32.8 Å². The first kappa shape index (κ1) is 21.8. The highest BCUT2D eigenvalue weighted by Crippen LogP contribution is 2.42. The summed E-state index contributed by atoms with van der Waals surface area (Å²) in [6.45, 7) is 8.32. The molecule has 188 valence electrons. The molecule has 1 fully saturated rings. The molecule has 9 rings (SSSR count). The van der Waals surface area contributed by atoms with Gasteiger partial charge in [0.25, 0.3) is 0 Å². The Bertz CT molecular complexity index is 2290. The summed E-state index contributed by atoms with van der Waals surface area (Å²) in [5.74, 6) is 0. The van der Waals surface area contributed by atoms with Crippen molar-refractivity contribution in [2.45, 2.75) is 38.9 Å². The topological polar surface area (TPSA) is 36.0 Å². The van der Waals surface area contributed by atoms with Crippen LogP contribution < -0.4 is 5.46 Å². The van der Waals surface area contributed by atoms with Crippen molar-refractivity contribution < 1.29 is 13.7 Å². The zero-order valence-electron chi connectivity index (χ0n) is 22.3. The van der Waals surface area contributed by atoms with Crippen molar-refractivity contribution in [2.24, 2.45) is 0 Å². The van der Waals surface area contributed by atoms with Gasteiger partial charge in [0.05, 0.1) is 27.8 Å². The Morgan fingerprint density at radius 1 is 0.590 bits per heavy atom. The third-order valence-corrected chi connectivity index (χ3v) is 9.35. The molecule has 0 saturated carbocycles. The molecule has 0 aliphatic carbocycles. The van der Waals surface area contributed by atoms with Crippen LogP contribution in [0.3, 0.4) is 0 Å². The van der Waals surface area contributed by atoms with Crippen LogP contribution in [0.15, 0.2) is 89.3 Å². The van der Waals surface area contributed by atoms with Crippen LogP contribution in [0.25, 0.3) is 70.8 Å². The largest absolute Gasteiger partial charge is 0.494 e. The van der Waals surface area contributed by atoms with E-state index in [2.05, 4.69) is 117 Å². The van der Waals surface area contributed by atoms with Gasteiger partial charge < -0.3 is 18.1 Å². The molecule has 0 amide bonds. The van der Waals surface area contributed by atoms with Crippen molar-refractivity contribution in [3.8, 4) is 0 Å². The second-order valence-electron chi connectivity index (χ2n) is 12.0. The van der Waals surface area contributed by atoms with E-state index in [1.54, 1.807) is 0 Å². The minimum absolute atomic E-state index is 0.385. The van der Waals surface area contributed by atoms with Gasteiger partial charge in [-0.3, -0.25) is 0 Å². The Labute approximate surface area is 225 Å². The molecule has 8 aromatic rings. The summed E-state index contributed by atoms with van der Waals surface area (Å²) in [4.78, 5) is 0. The van der Waals surface area contributed by atoms with E-state index in [1.807, 2.05) is 0 Å². The Hall–Kier alpha value is -4.06. The minimum atomic E-state index is -0.419. The molecule has 1 saturated heterocycles. The van der Waals surface area contributed by atoms with Gasteiger partial charge >= 0.3 is 7.12 Å². The van der Waals surface area contributed by atoms with Crippen molar-refractivity contribution in [3.05, 3.63) is 84.9 Å². The van der Waals surface area contributed by atoms with Crippen LogP contribution in [-0.2, 0) is 9.31 Å². The van der Waals surface area contributed by atoms with Gasteiger partial charge in [0.1, 0.15) is 11.2 Å². The highest BCUT2D eigenvalue weighted by atomic mass is 16.7. The summed E-state index contributed by atoms with van der Waals surface area (Å²) in [6.07, 6.45) is 0. The molecule has 39 heavy (non-hydrogen) atoms. The Kier molecular flexibility index (Phi) is 3.88. The number of hydrogen-bond acceptors (Lipinski definition) is 3. The third-order valence-electron chi connectivity index (χ3n) is 9.35. The van der Waals surface area contributed by atoms with Gasteiger partial charge in [-0.05, 0) is 68.9 Å². The fraction of sp³-hybridized carbons (Fsp3) is 0.176. The molecule has 4 nitrogen and oxygen atoms in total. The number of furan rings is 1. The van der Waals surface area contributed by atoms with E-state index >= 15 is 0 Å². The van der Waals surface area contributed by atoms with Crippen molar-refractivity contribution in [2.75, 3.05) is 0 Å². The standard InChI is InChI=1S/C34H26BNO3/c1-33(2)34(3,4)39-35(38-33)20-13-15-22-25-14-12-19-16-29-27(18-26(19)32(25)37-30(22)17-20)24-10-7-9-23-21-8-5-6-11-28(21)36(29)31(23)24/h5-18H,1-4H3. The highest BCUT2D eigenvalue weighted by molar-refractivity contribution is 6.62. The Morgan fingerprint density at radius 2 is 1.31 bits per heavy atom. The maximum Gasteiger partial charge on any atom is 0.494 e. The quantitative estimate of drug-likeness (QED) is 0.210. The van der Waals surface area contributed by atoms with E-state index in [9.17, 15) is 0 Å². The van der Waals surface area contributed by atoms with E-state index in [4.69, 9.17) is 13.7 Å². The van der Waals surface area contributed by atoms with E-state index in [0.29, 0.717) is 0 Å². The molecule has 5 aromatic carbocycles. The van der Waals surface area contributed by atoms with Crippen LogP contribution in [0, 0.1) is 0 Å². The minimum Gasteiger partial charge on any atom is -0.455 e. The maximum absolute atomic E-state index is 6.61. The normalized spacial score (nSPS) is 17.4. The first-order chi connectivity index (χ1) is 18.8. The van der Waals surface area contributed by atoms with E-state index < -0.39 is 7.12 Å². The third kappa shape index (κ3) is 2.67. The Balaban J connectivity index is 1.30. The summed E-state index contributed by atoms with van der Waals surface area (Å²) >= 11 is 0. The van der Waals surface area contributed by atoms with Gasteiger partial charge in [-0.2, -0.15) is 0 Å². The fourth-order valence-electron chi connectivity index (χ4n) is 6.62. The molecule has 5 heteroatoms. The summed E-state index contributed by atoms with van der Waals surface area (Å²) in [6, 6.07) is 30.7. The molecule has 0 N–H and O–H groups in total. The predicted octanol–water partition coefficient (Wildman–Crippen LogP) is 8.19. The number of rotatable bonds is 1. The maximum atomic E-state index is 6.61. The van der Waals surface area contributed by atoms with E-state index in [-0.39, 0.29) is 11.2 Å². The predicted molar refractivity (Wildman–Crippen MR) is 162 cm³/mol. The van der Waals surface area contributed by atoms with Gasteiger partial charge in [0.2, 0.25) is 0 Å². The molecule has 0 spiro atoms. The number of benzene rings is 5. The lowest BCUT2D eigenvalue weighted by Gasteiger charge is -2.32. The van der Waals surface area contributed by atoms with Crippen LogP contribution in [0.5, 0.6) is 0 Å². The smallest absolute Gasteiger partial charge is 0.455 e. The van der Waals surface area contributed by atoms with Crippen LogP contribution in [-0.4, -0.2) is 22.7 Å². The number of fused-ring (bicyclic) bond motifs is 11. The van der Waals surface area contributed by atoms with Crippen molar-refractivity contribution in [3.63, 3.8) is 0 Å². The number of para-hydroxylation sites is 2. The number of hydrogen-bond donors (Lipinski definition) is 0. The number of aromatic nitrogens is 1. The first-order valence-corrected chi connectivity index (χ1v) is 13.6. The lowest BCUT2D eigenvalue weighted by atomic mass is 9.79. The van der Waals surface area contributed by atoms with Crippen LogP contribution >= 0.6 is 0 Å². The molecular formula is C34H26BNO3. The summed E-state index contributed by atoms with van der Waals surface area (Å²) in [5, 5.41) is 9.65. The molecular weight excluding hydrogens is 481 g/mol. The zero-order chi connectivity index (χ0) is 26.3. The van der Waals surface area contributed by atoms with E-state index in [1.165, 1.54) is 43.5 Å². The Morgan fingerprint density at radius 3 is 2.13 bits per heavy atom. The van der Waals surface area contributed by atoms with Crippen LogP contribution in [0.1, 0.15) is 27.7 Å². The first-order valence-electron chi connectivity index (χ1n) is 13.6. The number of nitrogens with zero attached hydrogens (tertiary/aromatic N) is 1. The summed E-state index contributed by atoms with van der Waals surface area (Å²) in [5.41, 5.74) is 5.75. The van der Waals surface area contributed by atoms with Gasteiger partial charge in [-0.25, -0.2) is 0 Å². The van der Waals surface area contributed by atoms with Gasteiger partial charge in [0, 0.05) is 37.7 Å². The van der Waals surface area contributed by atoms with Crippen molar-refractivity contribution >= 4 is 83.4 Å². The molecule has 3 aromatic heterocycles. The van der Waals surface area contributed by atoms with Crippen molar-refractivity contribution in [1.29, 1.82) is 0 Å². The van der Waals surface area contributed by atoms with Gasteiger partial charge in [0.15, 0.2) is 0 Å². The summed E-state index contributed by atoms with van der Waals surface area (Å²) < 4.78 is 21.7. The molecule has 4 heterocycles. The molecule has 0 atom stereocenters. The second kappa shape index (κ2) is 6.92. The average molecular weight is 507 g/mol. The molecule has 0 bridgehead atoms. The van der Waals surface area contributed by atoms with Crippen LogP contribution in [0.2, 0.25) is 0 Å². The monoisotopic (exact) mass is 507 g/mol. The lowest BCUT2D eigenvalue weighted by Crippen LogP contribution is -2.41. The second-order valence-corrected chi connectivity index (χ2v) is 12.0.